The summed E-state index contributed by atoms with van der Waals surface area (Å²) in [5.41, 5.74) is 8.41. The second-order valence-electron chi connectivity index (χ2n) is 3.55. The van der Waals surface area contributed by atoms with Gasteiger partial charge in [0.2, 0.25) is 5.91 Å². The summed E-state index contributed by atoms with van der Waals surface area (Å²) in [4.78, 5) is 22.1. The van der Waals surface area contributed by atoms with Crippen LogP contribution in [-0.2, 0) is 10.5 Å². The quantitative estimate of drug-likeness (QED) is 0.826. The van der Waals surface area contributed by atoms with E-state index in [0.717, 1.165) is 10.6 Å². The van der Waals surface area contributed by atoms with Gasteiger partial charge in [-0.1, -0.05) is 23.7 Å². The number of nitrogens with two attached hydrogens (primary N) is 1. The van der Waals surface area contributed by atoms with Gasteiger partial charge in [-0.25, -0.2) is 9.80 Å². The first-order valence-electron chi connectivity index (χ1n) is 5.14. The summed E-state index contributed by atoms with van der Waals surface area (Å²) in [7, 11) is 1.39. The Balaban J connectivity index is 2.27. The number of urea groups is 1. The average molecular weight is 288 g/mol. The molecule has 0 aliphatic heterocycles. The third kappa shape index (κ3) is 5.29. The summed E-state index contributed by atoms with van der Waals surface area (Å²) in [6.07, 6.45) is 0. The molecule has 1 aromatic carbocycles. The van der Waals surface area contributed by atoms with Crippen LogP contribution in [-0.4, -0.2) is 29.7 Å². The van der Waals surface area contributed by atoms with Gasteiger partial charge in [0.05, 0.1) is 5.75 Å². The third-order valence-electron chi connectivity index (χ3n) is 2.04. The van der Waals surface area contributed by atoms with Crippen molar-refractivity contribution in [2.24, 2.45) is 5.73 Å². The van der Waals surface area contributed by atoms with Gasteiger partial charge >= 0.3 is 6.03 Å². The standard InChI is InChI=1S/C11H14ClN3O2S/c1-15(11(13)17)14-10(16)7-18-6-8-2-4-9(12)5-3-8/h2-5H,6-7H2,1H3,(H2,13,17)(H,14,16). The van der Waals surface area contributed by atoms with Crippen molar-refractivity contribution in [2.45, 2.75) is 5.75 Å². The Hall–Kier alpha value is -1.40. The van der Waals surface area contributed by atoms with E-state index in [1.165, 1.54) is 18.8 Å². The number of amides is 3. The molecular weight excluding hydrogens is 274 g/mol. The lowest BCUT2D eigenvalue weighted by Crippen LogP contribution is -2.46. The molecule has 0 bridgehead atoms. The van der Waals surface area contributed by atoms with Crippen LogP contribution in [0.4, 0.5) is 4.79 Å². The minimum Gasteiger partial charge on any atom is -0.350 e. The zero-order valence-electron chi connectivity index (χ0n) is 9.85. The molecule has 0 heterocycles. The highest BCUT2D eigenvalue weighted by atomic mass is 35.5. The summed E-state index contributed by atoms with van der Waals surface area (Å²) < 4.78 is 0. The monoisotopic (exact) mass is 287 g/mol. The molecule has 0 unspecified atom stereocenters. The van der Waals surface area contributed by atoms with Crippen molar-refractivity contribution in [1.29, 1.82) is 0 Å². The van der Waals surface area contributed by atoms with Gasteiger partial charge in [-0.05, 0) is 17.7 Å². The van der Waals surface area contributed by atoms with E-state index in [1.807, 2.05) is 12.1 Å². The van der Waals surface area contributed by atoms with E-state index in [9.17, 15) is 9.59 Å². The lowest BCUT2D eigenvalue weighted by molar-refractivity contribution is -0.121. The van der Waals surface area contributed by atoms with Gasteiger partial charge in [0.25, 0.3) is 0 Å². The Morgan fingerprint density at radius 3 is 2.56 bits per heavy atom. The molecule has 0 saturated heterocycles. The number of primary amides is 1. The number of halogens is 1. The van der Waals surface area contributed by atoms with E-state index >= 15 is 0 Å². The minimum absolute atomic E-state index is 0.250. The summed E-state index contributed by atoms with van der Waals surface area (Å²) in [6.45, 7) is 0. The summed E-state index contributed by atoms with van der Waals surface area (Å²) >= 11 is 7.20. The van der Waals surface area contributed by atoms with Crippen LogP contribution in [0, 0.1) is 0 Å². The van der Waals surface area contributed by atoms with Crippen LogP contribution in [0.25, 0.3) is 0 Å². The molecule has 1 aromatic rings. The number of carbonyl (C=O) groups excluding carboxylic acids is 2. The van der Waals surface area contributed by atoms with Crippen LogP contribution in [0.3, 0.4) is 0 Å². The predicted molar refractivity (Wildman–Crippen MR) is 73.1 cm³/mol. The number of nitrogens with zero attached hydrogens (tertiary/aromatic N) is 1. The molecule has 0 fully saturated rings. The summed E-state index contributed by atoms with van der Waals surface area (Å²) in [5.74, 6) is 0.681. The first-order valence-corrected chi connectivity index (χ1v) is 6.67. The van der Waals surface area contributed by atoms with Crippen molar-refractivity contribution >= 4 is 35.3 Å². The van der Waals surface area contributed by atoms with Crippen molar-refractivity contribution < 1.29 is 9.59 Å². The smallest absolute Gasteiger partial charge is 0.333 e. The van der Waals surface area contributed by atoms with Gasteiger partial charge in [0, 0.05) is 17.8 Å². The van der Waals surface area contributed by atoms with E-state index in [0.29, 0.717) is 10.8 Å². The molecule has 0 saturated carbocycles. The van der Waals surface area contributed by atoms with Crippen LogP contribution in [0.15, 0.2) is 24.3 Å². The van der Waals surface area contributed by atoms with Crippen LogP contribution in [0.1, 0.15) is 5.56 Å². The van der Waals surface area contributed by atoms with Crippen LogP contribution in [0.2, 0.25) is 5.02 Å². The SMILES string of the molecule is CN(NC(=O)CSCc1ccc(Cl)cc1)C(N)=O. The first-order chi connectivity index (χ1) is 8.49. The Kier molecular flexibility index (Phi) is 5.80. The maximum atomic E-state index is 11.4. The topological polar surface area (TPSA) is 75.4 Å². The number of benzene rings is 1. The van der Waals surface area contributed by atoms with Crippen molar-refractivity contribution in [3.63, 3.8) is 0 Å². The molecule has 0 aromatic heterocycles. The Morgan fingerprint density at radius 1 is 1.39 bits per heavy atom. The second-order valence-corrected chi connectivity index (χ2v) is 4.97. The molecule has 98 valence electrons. The van der Waals surface area contributed by atoms with Crippen LogP contribution < -0.4 is 11.2 Å². The Bertz CT molecular complexity index is 425. The van der Waals surface area contributed by atoms with Gasteiger partial charge in [-0.15, -0.1) is 11.8 Å². The molecule has 0 aliphatic rings. The molecule has 3 amide bonds. The van der Waals surface area contributed by atoms with Crippen LogP contribution in [0.5, 0.6) is 0 Å². The first kappa shape index (κ1) is 14.7. The van der Waals surface area contributed by atoms with Crippen molar-refractivity contribution in [2.75, 3.05) is 12.8 Å². The number of hydrogen-bond donors (Lipinski definition) is 2. The average Bonchev–Trinajstić information content (AvgIpc) is 2.31. The zero-order chi connectivity index (χ0) is 13.5. The second kappa shape index (κ2) is 7.13. The Labute approximate surface area is 115 Å². The highest BCUT2D eigenvalue weighted by Gasteiger charge is 2.07. The highest BCUT2D eigenvalue weighted by Crippen LogP contribution is 2.15. The largest absolute Gasteiger partial charge is 0.350 e. The van der Waals surface area contributed by atoms with Gasteiger partial charge in [-0.2, -0.15) is 0 Å². The summed E-state index contributed by atoms with van der Waals surface area (Å²) in [5, 5.41) is 1.63. The van der Waals surface area contributed by atoms with E-state index in [2.05, 4.69) is 5.43 Å². The van der Waals surface area contributed by atoms with Gasteiger partial charge in [-0.3, -0.25) is 10.2 Å². The molecule has 7 heteroatoms. The molecule has 0 radical (unpaired) electrons. The number of rotatable bonds is 4. The fourth-order valence-electron chi connectivity index (χ4n) is 1.12. The van der Waals surface area contributed by atoms with Crippen LogP contribution >= 0.6 is 23.4 Å². The fourth-order valence-corrected chi connectivity index (χ4v) is 2.02. The molecule has 5 nitrogen and oxygen atoms in total. The number of nitrogens with one attached hydrogen (secondary N) is 1. The van der Waals surface area contributed by atoms with E-state index in [1.54, 1.807) is 12.1 Å². The molecule has 0 aliphatic carbocycles. The normalized spacial score (nSPS) is 9.89. The molecule has 3 N–H and O–H groups in total. The number of hydrazine groups is 1. The molecule has 18 heavy (non-hydrogen) atoms. The maximum Gasteiger partial charge on any atom is 0.333 e. The van der Waals surface area contributed by atoms with Crippen molar-refractivity contribution in [3.8, 4) is 0 Å². The van der Waals surface area contributed by atoms with Crippen molar-refractivity contribution in [3.05, 3.63) is 34.9 Å². The lowest BCUT2D eigenvalue weighted by Gasteiger charge is -2.14. The minimum atomic E-state index is -0.703. The van der Waals surface area contributed by atoms with Gasteiger partial charge < -0.3 is 5.73 Å². The summed E-state index contributed by atoms with van der Waals surface area (Å²) in [6, 6.07) is 6.72. The predicted octanol–water partition coefficient (Wildman–Crippen LogP) is 1.61. The number of thioether (sulfide) groups is 1. The fraction of sp³-hybridized carbons (Fsp3) is 0.273. The lowest BCUT2D eigenvalue weighted by atomic mass is 10.2. The van der Waals surface area contributed by atoms with E-state index < -0.39 is 6.03 Å². The third-order valence-corrected chi connectivity index (χ3v) is 3.29. The number of hydrogen-bond acceptors (Lipinski definition) is 3. The molecular formula is C11H14ClN3O2S. The number of carbonyl (C=O) groups is 2. The zero-order valence-corrected chi connectivity index (χ0v) is 11.4. The molecule has 1 rings (SSSR count). The van der Waals surface area contributed by atoms with Gasteiger partial charge in [0.1, 0.15) is 0 Å². The van der Waals surface area contributed by atoms with E-state index in [-0.39, 0.29) is 11.7 Å². The van der Waals surface area contributed by atoms with Crippen molar-refractivity contribution in [1.82, 2.24) is 10.4 Å². The highest BCUT2D eigenvalue weighted by molar-refractivity contribution is 7.99. The molecule has 0 spiro atoms. The Morgan fingerprint density at radius 2 is 2.00 bits per heavy atom. The van der Waals surface area contributed by atoms with E-state index in [4.69, 9.17) is 17.3 Å². The van der Waals surface area contributed by atoms with Gasteiger partial charge in [0.15, 0.2) is 0 Å². The maximum absolute atomic E-state index is 11.4. The molecule has 0 atom stereocenters.